The van der Waals surface area contributed by atoms with Crippen LogP contribution in [0.5, 0.6) is 0 Å². The van der Waals surface area contributed by atoms with Gasteiger partial charge in [-0.05, 0) is 38.0 Å². The first-order valence-corrected chi connectivity index (χ1v) is 9.33. The van der Waals surface area contributed by atoms with Gasteiger partial charge in [0.2, 0.25) is 11.8 Å². The first kappa shape index (κ1) is 16.6. The van der Waals surface area contributed by atoms with Crippen LogP contribution >= 0.6 is 0 Å². The van der Waals surface area contributed by atoms with Crippen molar-refractivity contribution < 1.29 is 14.1 Å². The van der Waals surface area contributed by atoms with Gasteiger partial charge in [-0.1, -0.05) is 11.6 Å². The molecule has 1 aromatic heterocycles. The molecule has 1 aromatic rings. The number of aryl methyl sites for hydroxylation is 1. The molecule has 2 saturated carbocycles. The van der Waals surface area contributed by atoms with E-state index in [0.29, 0.717) is 29.9 Å². The summed E-state index contributed by atoms with van der Waals surface area (Å²) in [7, 11) is 0. The second-order valence-corrected chi connectivity index (χ2v) is 7.75. The smallest absolute Gasteiger partial charge is 0.239 e. The standard InChI is InChI=1S/C18H26N4O3/c1-12-8-16(20-25-12)19-17(23)11-21-4-6-22(7-5-21)18(24)15-10-13-2-3-14(15)9-13/h8,13-15H,2-7,9-11H2,1H3,(H,19,20,23)/t13-,14-,15+/m1/s1. The summed E-state index contributed by atoms with van der Waals surface area (Å²) in [6.07, 6.45) is 4.92. The van der Waals surface area contributed by atoms with Crippen LogP contribution < -0.4 is 5.32 Å². The van der Waals surface area contributed by atoms with Gasteiger partial charge in [-0.15, -0.1) is 0 Å². The van der Waals surface area contributed by atoms with E-state index in [9.17, 15) is 9.59 Å². The van der Waals surface area contributed by atoms with Crippen LogP contribution in [0.4, 0.5) is 5.82 Å². The molecule has 1 N–H and O–H groups in total. The molecule has 0 radical (unpaired) electrons. The van der Waals surface area contributed by atoms with Crippen molar-refractivity contribution in [2.24, 2.45) is 17.8 Å². The monoisotopic (exact) mass is 346 g/mol. The van der Waals surface area contributed by atoms with Crippen molar-refractivity contribution in [1.82, 2.24) is 15.0 Å². The Morgan fingerprint density at radius 3 is 2.64 bits per heavy atom. The third-order valence-electron chi connectivity index (χ3n) is 6.00. The minimum absolute atomic E-state index is 0.0961. The molecule has 1 aliphatic heterocycles. The SMILES string of the molecule is Cc1cc(NC(=O)CN2CCN(C(=O)[C@H]3C[C@@H]4CC[C@@H]3C4)CC2)no1. The van der Waals surface area contributed by atoms with Crippen LogP contribution in [0.2, 0.25) is 0 Å². The van der Waals surface area contributed by atoms with Crippen LogP contribution in [0.1, 0.15) is 31.4 Å². The summed E-state index contributed by atoms with van der Waals surface area (Å²) in [5.74, 6) is 3.08. The van der Waals surface area contributed by atoms with Gasteiger partial charge in [-0.2, -0.15) is 0 Å². The van der Waals surface area contributed by atoms with Crippen LogP contribution in [0.3, 0.4) is 0 Å². The lowest BCUT2D eigenvalue weighted by Gasteiger charge is -2.36. The normalized spacial score (nSPS) is 29.2. The van der Waals surface area contributed by atoms with Crippen molar-refractivity contribution in [3.63, 3.8) is 0 Å². The van der Waals surface area contributed by atoms with Gasteiger partial charge >= 0.3 is 0 Å². The lowest BCUT2D eigenvalue weighted by molar-refractivity contribution is -0.139. The van der Waals surface area contributed by atoms with Crippen LogP contribution in [0.15, 0.2) is 10.6 Å². The Morgan fingerprint density at radius 1 is 1.24 bits per heavy atom. The van der Waals surface area contributed by atoms with Gasteiger partial charge < -0.3 is 14.7 Å². The first-order valence-electron chi connectivity index (χ1n) is 9.33. The number of nitrogens with zero attached hydrogens (tertiary/aromatic N) is 3. The average Bonchev–Trinajstić information content (AvgIpc) is 3.32. The fourth-order valence-corrected chi connectivity index (χ4v) is 4.72. The summed E-state index contributed by atoms with van der Waals surface area (Å²) < 4.78 is 4.94. The Morgan fingerprint density at radius 2 is 2.04 bits per heavy atom. The van der Waals surface area contributed by atoms with Gasteiger partial charge in [0, 0.05) is 38.2 Å². The fraction of sp³-hybridized carbons (Fsp3) is 0.722. The second kappa shape index (κ2) is 6.78. The molecule has 2 aliphatic carbocycles. The number of hydrogen-bond acceptors (Lipinski definition) is 5. The Kier molecular flexibility index (Phi) is 4.50. The Bertz CT molecular complexity index is 651. The highest BCUT2D eigenvalue weighted by Gasteiger charge is 2.44. The minimum atomic E-state index is -0.0961. The summed E-state index contributed by atoms with van der Waals surface area (Å²) in [4.78, 5) is 29.0. The summed E-state index contributed by atoms with van der Waals surface area (Å²) >= 11 is 0. The lowest BCUT2D eigenvalue weighted by Crippen LogP contribution is -2.52. The zero-order chi connectivity index (χ0) is 17.4. The Hall–Kier alpha value is -1.89. The number of fused-ring (bicyclic) bond motifs is 2. The van der Waals surface area contributed by atoms with E-state index >= 15 is 0 Å². The maximum Gasteiger partial charge on any atom is 0.239 e. The molecular formula is C18H26N4O3. The highest BCUT2D eigenvalue weighted by atomic mass is 16.5. The average molecular weight is 346 g/mol. The van der Waals surface area contributed by atoms with E-state index in [1.165, 1.54) is 19.3 Å². The summed E-state index contributed by atoms with van der Waals surface area (Å²) in [5.41, 5.74) is 0. The van der Waals surface area contributed by atoms with Crippen molar-refractivity contribution in [1.29, 1.82) is 0 Å². The number of piperazine rings is 1. The van der Waals surface area contributed by atoms with Crippen molar-refractivity contribution in [3.8, 4) is 0 Å². The van der Waals surface area contributed by atoms with E-state index in [2.05, 4.69) is 15.4 Å². The second-order valence-electron chi connectivity index (χ2n) is 7.75. The quantitative estimate of drug-likeness (QED) is 0.894. The largest absolute Gasteiger partial charge is 0.360 e. The van der Waals surface area contributed by atoms with Crippen LogP contribution in [-0.2, 0) is 9.59 Å². The molecule has 0 aromatic carbocycles. The minimum Gasteiger partial charge on any atom is -0.360 e. The molecule has 7 nitrogen and oxygen atoms in total. The Balaban J connectivity index is 1.23. The number of carbonyl (C=O) groups is 2. The summed E-state index contributed by atoms with van der Waals surface area (Å²) in [6.45, 7) is 5.05. The first-order chi connectivity index (χ1) is 12.1. The molecular weight excluding hydrogens is 320 g/mol. The maximum atomic E-state index is 12.8. The number of aromatic nitrogens is 1. The van der Waals surface area contributed by atoms with Gasteiger partial charge in [0.25, 0.3) is 0 Å². The number of hydrogen-bond donors (Lipinski definition) is 1. The molecule has 2 heterocycles. The number of anilines is 1. The number of rotatable bonds is 4. The van der Waals surface area contributed by atoms with Crippen LogP contribution in [0.25, 0.3) is 0 Å². The van der Waals surface area contributed by atoms with Crippen molar-refractivity contribution >= 4 is 17.6 Å². The van der Waals surface area contributed by atoms with Gasteiger partial charge in [0.1, 0.15) is 5.76 Å². The van der Waals surface area contributed by atoms with Gasteiger partial charge in [-0.25, -0.2) is 0 Å². The predicted molar refractivity (Wildman–Crippen MR) is 91.8 cm³/mol. The van der Waals surface area contributed by atoms with Crippen molar-refractivity contribution in [3.05, 3.63) is 11.8 Å². The molecule has 7 heteroatoms. The number of carbonyl (C=O) groups excluding carboxylic acids is 2. The van der Waals surface area contributed by atoms with E-state index < -0.39 is 0 Å². The zero-order valence-electron chi connectivity index (χ0n) is 14.7. The molecule has 2 bridgehead atoms. The summed E-state index contributed by atoms with van der Waals surface area (Å²) in [5, 5.41) is 6.51. The third-order valence-corrected chi connectivity index (χ3v) is 6.00. The maximum absolute atomic E-state index is 12.8. The molecule has 4 rings (SSSR count). The lowest BCUT2D eigenvalue weighted by atomic mass is 9.87. The molecule has 25 heavy (non-hydrogen) atoms. The predicted octanol–water partition coefficient (Wildman–Crippen LogP) is 1.50. The molecule has 1 saturated heterocycles. The van der Waals surface area contributed by atoms with E-state index in [-0.39, 0.29) is 11.8 Å². The van der Waals surface area contributed by atoms with E-state index in [0.717, 1.165) is 38.5 Å². The third kappa shape index (κ3) is 3.56. The zero-order valence-corrected chi connectivity index (χ0v) is 14.7. The topological polar surface area (TPSA) is 78.7 Å². The van der Waals surface area contributed by atoms with Crippen molar-refractivity contribution in [2.75, 3.05) is 38.0 Å². The molecule has 3 aliphatic rings. The van der Waals surface area contributed by atoms with E-state index in [4.69, 9.17) is 4.52 Å². The van der Waals surface area contributed by atoms with Gasteiger partial charge in [-0.3, -0.25) is 14.5 Å². The van der Waals surface area contributed by atoms with Crippen molar-refractivity contribution in [2.45, 2.75) is 32.6 Å². The Labute approximate surface area is 147 Å². The fourth-order valence-electron chi connectivity index (χ4n) is 4.72. The van der Waals surface area contributed by atoms with Crippen LogP contribution in [-0.4, -0.2) is 59.5 Å². The molecule has 3 atom stereocenters. The molecule has 0 unspecified atom stereocenters. The van der Waals surface area contributed by atoms with E-state index in [1.807, 2.05) is 4.90 Å². The highest BCUT2D eigenvalue weighted by molar-refractivity contribution is 5.91. The molecule has 2 amide bonds. The van der Waals surface area contributed by atoms with Gasteiger partial charge in [0.15, 0.2) is 5.82 Å². The molecule has 136 valence electrons. The number of amides is 2. The van der Waals surface area contributed by atoms with E-state index in [1.54, 1.807) is 13.0 Å². The highest BCUT2D eigenvalue weighted by Crippen LogP contribution is 2.48. The van der Waals surface area contributed by atoms with Gasteiger partial charge in [0.05, 0.1) is 6.54 Å². The number of nitrogens with one attached hydrogen (secondary N) is 1. The molecule has 0 spiro atoms. The molecule has 3 fully saturated rings. The van der Waals surface area contributed by atoms with Crippen LogP contribution in [0, 0.1) is 24.7 Å². The summed E-state index contributed by atoms with van der Waals surface area (Å²) in [6, 6.07) is 1.70.